The van der Waals surface area contributed by atoms with E-state index in [0.717, 1.165) is 25.7 Å². The molecule has 2 N–H and O–H groups in total. The molecule has 4 nitrogen and oxygen atoms in total. The number of hydrogen-bond acceptors (Lipinski definition) is 2. The van der Waals surface area contributed by atoms with Gasteiger partial charge in [0.25, 0.3) is 0 Å². The molecule has 0 heterocycles. The third-order valence-electron chi connectivity index (χ3n) is 2.41. The molecule has 0 aliphatic heterocycles. The SMILES string of the molecule is C=C(C)C(=O)NC1CC1.C=CC(=O)NC1CC1. The van der Waals surface area contributed by atoms with E-state index in [2.05, 4.69) is 23.8 Å². The molecule has 0 aromatic heterocycles. The van der Waals surface area contributed by atoms with E-state index in [0.29, 0.717) is 17.7 Å². The monoisotopic (exact) mass is 236 g/mol. The standard InChI is InChI=1S/C7H11NO.C6H9NO/c1-5(2)7(9)8-6-3-4-6;1-2-6(8)7-5-3-4-5/h6H,1,3-4H2,2H3,(H,8,9);2,5H,1,3-4H2,(H,7,8). The number of nitrogens with one attached hydrogen (secondary N) is 2. The Morgan fingerprint density at radius 1 is 1.12 bits per heavy atom. The minimum absolute atomic E-state index is 0.00231. The van der Waals surface area contributed by atoms with E-state index >= 15 is 0 Å². The highest BCUT2D eigenvalue weighted by Crippen LogP contribution is 2.18. The summed E-state index contributed by atoms with van der Waals surface area (Å²) in [5.74, 6) is -0.0509. The molecule has 2 fully saturated rings. The van der Waals surface area contributed by atoms with Gasteiger partial charge in [0.05, 0.1) is 0 Å². The molecule has 4 heteroatoms. The van der Waals surface area contributed by atoms with Crippen molar-refractivity contribution >= 4 is 11.8 Å². The second-order valence-electron chi connectivity index (χ2n) is 4.52. The minimum Gasteiger partial charge on any atom is -0.350 e. The zero-order valence-electron chi connectivity index (χ0n) is 10.3. The lowest BCUT2D eigenvalue weighted by molar-refractivity contribution is -0.118. The Morgan fingerprint density at radius 2 is 1.59 bits per heavy atom. The maximum Gasteiger partial charge on any atom is 0.246 e. The van der Waals surface area contributed by atoms with Crippen molar-refractivity contribution in [2.45, 2.75) is 44.7 Å². The van der Waals surface area contributed by atoms with E-state index in [-0.39, 0.29) is 11.8 Å². The molecule has 17 heavy (non-hydrogen) atoms. The molecule has 0 radical (unpaired) electrons. The van der Waals surface area contributed by atoms with Crippen molar-refractivity contribution in [1.29, 1.82) is 0 Å². The van der Waals surface area contributed by atoms with Crippen LogP contribution in [0, 0.1) is 0 Å². The lowest BCUT2D eigenvalue weighted by Gasteiger charge is -1.99. The predicted molar refractivity (Wildman–Crippen MR) is 67.3 cm³/mol. The molecule has 0 aromatic rings. The molecule has 0 spiro atoms. The van der Waals surface area contributed by atoms with Crippen LogP contribution in [0.15, 0.2) is 24.8 Å². The zero-order valence-corrected chi connectivity index (χ0v) is 10.3. The van der Waals surface area contributed by atoms with Crippen LogP contribution in [0.3, 0.4) is 0 Å². The maximum absolute atomic E-state index is 10.8. The van der Waals surface area contributed by atoms with Gasteiger partial charge in [-0.1, -0.05) is 13.2 Å². The summed E-state index contributed by atoms with van der Waals surface area (Å²) in [4.78, 5) is 21.2. The van der Waals surface area contributed by atoms with Crippen molar-refractivity contribution in [2.24, 2.45) is 0 Å². The molecule has 2 aliphatic rings. The van der Waals surface area contributed by atoms with Gasteiger partial charge in [-0.3, -0.25) is 9.59 Å². The van der Waals surface area contributed by atoms with Gasteiger partial charge < -0.3 is 10.6 Å². The van der Waals surface area contributed by atoms with E-state index in [1.807, 2.05) is 0 Å². The first-order valence-electron chi connectivity index (χ1n) is 5.92. The molecule has 2 saturated carbocycles. The molecule has 0 saturated heterocycles. The van der Waals surface area contributed by atoms with Crippen LogP contribution < -0.4 is 10.6 Å². The van der Waals surface area contributed by atoms with Crippen LogP contribution in [0.25, 0.3) is 0 Å². The first kappa shape index (κ1) is 13.5. The molecular formula is C13H20N2O2. The normalized spacial score (nSPS) is 17.2. The Bertz CT molecular complexity index is 328. The second kappa shape index (κ2) is 6.23. The summed E-state index contributed by atoms with van der Waals surface area (Å²) in [7, 11) is 0. The fraction of sp³-hybridized carbons (Fsp3) is 0.538. The molecule has 0 atom stereocenters. The molecule has 94 valence electrons. The molecule has 0 aromatic carbocycles. The average molecular weight is 236 g/mol. The molecule has 2 rings (SSSR count). The largest absolute Gasteiger partial charge is 0.350 e. The Labute approximate surface area is 102 Å². The molecule has 2 aliphatic carbocycles. The predicted octanol–water partition coefficient (Wildman–Crippen LogP) is 1.29. The van der Waals surface area contributed by atoms with Gasteiger partial charge in [-0.15, -0.1) is 0 Å². The van der Waals surface area contributed by atoms with E-state index in [9.17, 15) is 9.59 Å². The van der Waals surface area contributed by atoms with E-state index in [1.54, 1.807) is 6.92 Å². The Morgan fingerprint density at radius 3 is 1.94 bits per heavy atom. The fourth-order valence-electron chi connectivity index (χ4n) is 1.02. The Kier molecular flexibility index (Phi) is 4.94. The summed E-state index contributed by atoms with van der Waals surface area (Å²) < 4.78 is 0. The van der Waals surface area contributed by atoms with Crippen LogP contribution >= 0.6 is 0 Å². The highest BCUT2D eigenvalue weighted by atomic mass is 16.2. The number of hydrogen-bond donors (Lipinski definition) is 2. The van der Waals surface area contributed by atoms with Gasteiger partial charge >= 0.3 is 0 Å². The smallest absolute Gasteiger partial charge is 0.246 e. The maximum atomic E-state index is 10.8. The van der Waals surface area contributed by atoms with Gasteiger partial charge in [0.15, 0.2) is 0 Å². The first-order valence-corrected chi connectivity index (χ1v) is 5.92. The van der Waals surface area contributed by atoms with E-state index in [1.165, 1.54) is 6.08 Å². The third kappa shape index (κ3) is 6.56. The summed E-state index contributed by atoms with van der Waals surface area (Å²) in [6.07, 6.45) is 5.86. The topological polar surface area (TPSA) is 58.2 Å². The lowest BCUT2D eigenvalue weighted by atomic mass is 10.3. The summed E-state index contributed by atoms with van der Waals surface area (Å²) >= 11 is 0. The van der Waals surface area contributed by atoms with Crippen molar-refractivity contribution in [1.82, 2.24) is 10.6 Å². The van der Waals surface area contributed by atoms with Crippen LogP contribution in [0.2, 0.25) is 0 Å². The summed E-state index contributed by atoms with van der Waals surface area (Å²) in [6, 6.07) is 0.912. The Balaban J connectivity index is 0.000000171. The zero-order chi connectivity index (χ0) is 12.8. The summed E-state index contributed by atoms with van der Waals surface area (Å²) in [6.45, 7) is 8.57. The number of rotatable bonds is 4. The van der Waals surface area contributed by atoms with E-state index in [4.69, 9.17) is 0 Å². The number of carbonyl (C=O) groups is 2. The van der Waals surface area contributed by atoms with Gasteiger partial charge in [-0.2, -0.15) is 0 Å². The van der Waals surface area contributed by atoms with Crippen molar-refractivity contribution < 1.29 is 9.59 Å². The van der Waals surface area contributed by atoms with Crippen molar-refractivity contribution in [3.63, 3.8) is 0 Å². The summed E-state index contributed by atoms with van der Waals surface area (Å²) in [5.41, 5.74) is 0.599. The van der Waals surface area contributed by atoms with Crippen LogP contribution in [0.5, 0.6) is 0 Å². The van der Waals surface area contributed by atoms with Gasteiger partial charge in [-0.05, 0) is 38.7 Å². The molecule has 2 amide bonds. The van der Waals surface area contributed by atoms with Crippen molar-refractivity contribution in [3.8, 4) is 0 Å². The van der Waals surface area contributed by atoms with Gasteiger partial charge in [0.1, 0.15) is 0 Å². The third-order valence-corrected chi connectivity index (χ3v) is 2.41. The fourth-order valence-corrected chi connectivity index (χ4v) is 1.02. The van der Waals surface area contributed by atoms with Crippen molar-refractivity contribution in [3.05, 3.63) is 24.8 Å². The van der Waals surface area contributed by atoms with Gasteiger partial charge in [0, 0.05) is 17.7 Å². The lowest BCUT2D eigenvalue weighted by Crippen LogP contribution is -2.25. The van der Waals surface area contributed by atoms with Crippen molar-refractivity contribution in [2.75, 3.05) is 0 Å². The minimum atomic E-state index is -0.0486. The molecular weight excluding hydrogens is 216 g/mol. The highest BCUT2D eigenvalue weighted by molar-refractivity contribution is 5.92. The van der Waals surface area contributed by atoms with Crippen LogP contribution in [0.4, 0.5) is 0 Å². The van der Waals surface area contributed by atoms with E-state index < -0.39 is 0 Å². The Hall–Kier alpha value is -1.58. The number of amides is 2. The molecule has 0 bridgehead atoms. The van der Waals surface area contributed by atoms with Gasteiger partial charge in [-0.25, -0.2) is 0 Å². The van der Waals surface area contributed by atoms with Crippen LogP contribution in [-0.4, -0.2) is 23.9 Å². The van der Waals surface area contributed by atoms with Crippen LogP contribution in [0.1, 0.15) is 32.6 Å². The summed E-state index contributed by atoms with van der Waals surface area (Å²) in [5, 5.41) is 5.56. The second-order valence-corrected chi connectivity index (χ2v) is 4.52. The molecule has 0 unspecified atom stereocenters. The quantitative estimate of drug-likeness (QED) is 0.723. The number of carbonyl (C=O) groups excluding carboxylic acids is 2. The van der Waals surface area contributed by atoms with Gasteiger partial charge in [0.2, 0.25) is 11.8 Å². The van der Waals surface area contributed by atoms with Crippen LogP contribution in [-0.2, 0) is 9.59 Å². The first-order chi connectivity index (χ1) is 8.02. The highest BCUT2D eigenvalue weighted by Gasteiger charge is 2.23. The average Bonchev–Trinajstić information content (AvgIpc) is 3.13.